The zero-order chi connectivity index (χ0) is 24.7. The van der Waals surface area contributed by atoms with Crippen LogP contribution in [0.4, 0.5) is 13.2 Å². The highest BCUT2D eigenvalue weighted by molar-refractivity contribution is 6.10. The topological polar surface area (TPSA) is 72.1 Å². The van der Waals surface area contributed by atoms with E-state index in [1.807, 2.05) is 30.3 Å². The zero-order valence-electron chi connectivity index (χ0n) is 18.6. The van der Waals surface area contributed by atoms with Gasteiger partial charge in [0.2, 0.25) is 0 Å². The molecule has 0 aliphatic carbocycles. The third-order valence-corrected chi connectivity index (χ3v) is 5.95. The van der Waals surface area contributed by atoms with E-state index < -0.39 is 17.8 Å². The van der Waals surface area contributed by atoms with Crippen LogP contribution >= 0.6 is 0 Å². The fraction of sp³-hybridized carbons (Fsp3) is 0.154. The molecule has 0 saturated carbocycles. The molecule has 35 heavy (non-hydrogen) atoms. The number of fused-ring (bicyclic) bond motifs is 3. The first kappa shape index (κ1) is 22.7. The number of carbonyl (C=O) groups is 1. The number of hydrogen-bond acceptors (Lipinski definition) is 3. The van der Waals surface area contributed by atoms with Gasteiger partial charge in [-0.15, -0.1) is 0 Å². The predicted molar refractivity (Wildman–Crippen MR) is 126 cm³/mol. The van der Waals surface area contributed by atoms with E-state index in [1.165, 1.54) is 12.1 Å². The van der Waals surface area contributed by atoms with Gasteiger partial charge >= 0.3 is 6.18 Å². The largest absolute Gasteiger partial charge is 0.416 e. The number of alkyl halides is 3. The molecular formula is C26H21F3N4O2. The van der Waals surface area contributed by atoms with Crippen LogP contribution in [0.1, 0.15) is 27.5 Å². The summed E-state index contributed by atoms with van der Waals surface area (Å²) in [6, 6.07) is 18.6. The minimum atomic E-state index is -4.42. The number of amides is 1. The smallest absolute Gasteiger partial charge is 0.394 e. The molecule has 1 unspecified atom stereocenters. The zero-order valence-corrected chi connectivity index (χ0v) is 18.6. The van der Waals surface area contributed by atoms with Crippen LogP contribution in [-0.2, 0) is 13.2 Å². The molecule has 0 fully saturated rings. The third-order valence-electron chi connectivity index (χ3n) is 5.95. The molecule has 1 atom stereocenters. The lowest BCUT2D eigenvalue weighted by molar-refractivity contribution is -0.137. The van der Waals surface area contributed by atoms with Crippen molar-refractivity contribution in [1.29, 1.82) is 0 Å². The van der Waals surface area contributed by atoms with Crippen molar-refractivity contribution >= 4 is 27.8 Å². The molecule has 2 aromatic heterocycles. The SMILES string of the molecule is Cn1cc2c3cc(C(=O)NC(CO)c4ccccc4)ccc3n(-c3ccc(C(F)(F)F)cc3)c2n1. The molecule has 0 saturated heterocycles. The summed E-state index contributed by atoms with van der Waals surface area (Å²) in [4.78, 5) is 13.0. The highest BCUT2D eigenvalue weighted by atomic mass is 19.4. The van der Waals surface area contributed by atoms with Crippen molar-refractivity contribution < 1.29 is 23.1 Å². The summed E-state index contributed by atoms with van der Waals surface area (Å²) in [6.07, 6.45) is -2.62. The van der Waals surface area contributed by atoms with Gasteiger partial charge in [0, 0.05) is 35.3 Å². The molecule has 9 heteroatoms. The van der Waals surface area contributed by atoms with Gasteiger partial charge in [0.05, 0.1) is 23.7 Å². The number of aromatic nitrogens is 3. The molecule has 0 radical (unpaired) electrons. The van der Waals surface area contributed by atoms with Gasteiger partial charge in [0.15, 0.2) is 5.65 Å². The number of carbonyl (C=O) groups excluding carboxylic acids is 1. The second kappa shape index (κ2) is 8.59. The standard InChI is InChI=1S/C26H21F3N4O2/c1-32-14-21-20-13-17(25(35)30-22(15-34)16-5-3-2-4-6-16)7-12-23(20)33(24(21)31-32)19-10-8-18(9-11-19)26(27,28)29/h2-14,22,34H,15H2,1H3,(H,30,35). The van der Waals surface area contributed by atoms with E-state index in [2.05, 4.69) is 10.4 Å². The molecular weight excluding hydrogens is 457 g/mol. The number of aryl methyl sites for hydroxylation is 1. The summed E-state index contributed by atoms with van der Waals surface area (Å²) < 4.78 is 42.5. The second-order valence-corrected chi connectivity index (χ2v) is 8.27. The summed E-state index contributed by atoms with van der Waals surface area (Å²) in [6.45, 7) is -0.255. The van der Waals surface area contributed by atoms with Crippen LogP contribution in [0.25, 0.3) is 27.6 Å². The highest BCUT2D eigenvalue weighted by Crippen LogP contribution is 2.34. The van der Waals surface area contributed by atoms with E-state index in [1.54, 1.807) is 40.7 Å². The maximum Gasteiger partial charge on any atom is 0.416 e. The van der Waals surface area contributed by atoms with Gasteiger partial charge in [-0.1, -0.05) is 30.3 Å². The molecule has 178 valence electrons. The van der Waals surface area contributed by atoms with Crippen molar-refractivity contribution in [2.45, 2.75) is 12.2 Å². The Hall–Kier alpha value is -4.11. The van der Waals surface area contributed by atoms with Gasteiger partial charge in [-0.3, -0.25) is 14.0 Å². The fourth-order valence-electron chi connectivity index (χ4n) is 4.26. The maximum absolute atomic E-state index is 13.0. The molecule has 2 N–H and O–H groups in total. The Balaban J connectivity index is 1.56. The molecule has 5 rings (SSSR count). The van der Waals surface area contributed by atoms with Crippen LogP contribution in [-0.4, -0.2) is 32.0 Å². The molecule has 0 spiro atoms. The minimum Gasteiger partial charge on any atom is -0.394 e. The van der Waals surface area contributed by atoms with Crippen LogP contribution in [0, 0.1) is 0 Å². The number of benzene rings is 3. The van der Waals surface area contributed by atoms with Crippen molar-refractivity contribution in [2.24, 2.45) is 7.05 Å². The van der Waals surface area contributed by atoms with Gasteiger partial charge in [-0.2, -0.15) is 18.3 Å². The molecule has 0 bridgehead atoms. The van der Waals surface area contributed by atoms with Crippen molar-refractivity contribution in [2.75, 3.05) is 6.61 Å². The van der Waals surface area contributed by atoms with Gasteiger partial charge in [0.25, 0.3) is 5.91 Å². The summed E-state index contributed by atoms with van der Waals surface area (Å²) in [5.41, 5.74) is 2.25. The molecule has 0 aliphatic heterocycles. The Morgan fingerprint density at radius 3 is 2.40 bits per heavy atom. The number of aliphatic hydroxyl groups is 1. The first-order valence-electron chi connectivity index (χ1n) is 10.9. The summed E-state index contributed by atoms with van der Waals surface area (Å²) >= 11 is 0. The molecule has 2 heterocycles. The number of hydrogen-bond donors (Lipinski definition) is 2. The number of nitrogens with one attached hydrogen (secondary N) is 1. The van der Waals surface area contributed by atoms with Crippen molar-refractivity contribution in [3.63, 3.8) is 0 Å². The third kappa shape index (κ3) is 4.15. The van der Waals surface area contributed by atoms with Crippen LogP contribution in [0.2, 0.25) is 0 Å². The van der Waals surface area contributed by atoms with Crippen molar-refractivity contribution in [1.82, 2.24) is 19.7 Å². The first-order valence-corrected chi connectivity index (χ1v) is 10.9. The van der Waals surface area contributed by atoms with Crippen LogP contribution in [0.15, 0.2) is 79.0 Å². The average molecular weight is 478 g/mol. The van der Waals surface area contributed by atoms with E-state index in [9.17, 15) is 23.1 Å². The van der Waals surface area contributed by atoms with Crippen LogP contribution in [0.3, 0.4) is 0 Å². The van der Waals surface area contributed by atoms with E-state index >= 15 is 0 Å². The number of rotatable bonds is 5. The first-order chi connectivity index (χ1) is 16.8. The van der Waals surface area contributed by atoms with E-state index in [0.29, 0.717) is 22.4 Å². The Bertz CT molecular complexity index is 1520. The normalized spacial score (nSPS) is 12.8. The van der Waals surface area contributed by atoms with E-state index in [-0.39, 0.29) is 12.5 Å². The fourth-order valence-corrected chi connectivity index (χ4v) is 4.26. The highest BCUT2D eigenvalue weighted by Gasteiger charge is 2.30. The number of aliphatic hydroxyl groups excluding tert-OH is 1. The number of halogens is 3. The van der Waals surface area contributed by atoms with Gasteiger partial charge < -0.3 is 10.4 Å². The lowest BCUT2D eigenvalue weighted by atomic mass is 10.1. The Labute approximate surface area is 198 Å². The molecule has 5 aromatic rings. The molecule has 0 aliphatic rings. The summed E-state index contributed by atoms with van der Waals surface area (Å²) in [7, 11) is 1.76. The molecule has 3 aromatic carbocycles. The predicted octanol–water partition coefficient (Wildman–Crippen LogP) is 5.00. The summed E-state index contributed by atoms with van der Waals surface area (Å²) in [5, 5.41) is 18.6. The van der Waals surface area contributed by atoms with Gasteiger partial charge in [-0.25, -0.2) is 0 Å². The van der Waals surface area contributed by atoms with E-state index in [4.69, 9.17) is 0 Å². The maximum atomic E-state index is 13.0. The molecule has 6 nitrogen and oxygen atoms in total. The van der Waals surface area contributed by atoms with Crippen molar-refractivity contribution in [3.8, 4) is 5.69 Å². The van der Waals surface area contributed by atoms with E-state index in [0.717, 1.165) is 28.5 Å². The molecule has 1 amide bonds. The van der Waals surface area contributed by atoms with Crippen LogP contribution in [0.5, 0.6) is 0 Å². The van der Waals surface area contributed by atoms with Gasteiger partial charge in [-0.05, 0) is 48.0 Å². The van der Waals surface area contributed by atoms with Crippen molar-refractivity contribution in [3.05, 3.63) is 95.7 Å². The van der Waals surface area contributed by atoms with Crippen LogP contribution < -0.4 is 5.32 Å². The lowest BCUT2D eigenvalue weighted by Gasteiger charge is -2.17. The minimum absolute atomic E-state index is 0.255. The lowest BCUT2D eigenvalue weighted by Crippen LogP contribution is -2.30. The van der Waals surface area contributed by atoms with Gasteiger partial charge in [0.1, 0.15) is 0 Å². The number of nitrogens with zero attached hydrogens (tertiary/aromatic N) is 3. The quantitative estimate of drug-likeness (QED) is 0.374. The summed E-state index contributed by atoms with van der Waals surface area (Å²) in [5.74, 6) is -0.353. The average Bonchev–Trinajstić information content (AvgIpc) is 3.36. The monoisotopic (exact) mass is 478 g/mol. The Kier molecular flexibility index (Phi) is 5.56. The second-order valence-electron chi connectivity index (χ2n) is 8.27. The Morgan fingerprint density at radius 1 is 1.03 bits per heavy atom. The Morgan fingerprint density at radius 2 is 1.74 bits per heavy atom.